The monoisotopic (exact) mass is 330 g/mol. The molecular formula is C20H30N2O2. The molecule has 2 N–H and O–H groups in total. The van der Waals surface area contributed by atoms with Gasteiger partial charge in [0, 0.05) is 12.8 Å². The zero-order valence-electron chi connectivity index (χ0n) is 15.2. The molecule has 4 heteroatoms. The first-order valence-corrected chi connectivity index (χ1v) is 9.18. The Morgan fingerprint density at radius 1 is 1.08 bits per heavy atom. The van der Waals surface area contributed by atoms with Crippen LogP contribution in [0.4, 0.5) is 11.4 Å². The highest BCUT2D eigenvalue weighted by Crippen LogP contribution is 2.33. The van der Waals surface area contributed by atoms with Gasteiger partial charge in [-0.2, -0.15) is 0 Å². The normalized spacial score (nSPS) is 20.5. The van der Waals surface area contributed by atoms with Gasteiger partial charge in [0.15, 0.2) is 0 Å². The van der Waals surface area contributed by atoms with Crippen molar-refractivity contribution >= 4 is 23.2 Å². The topological polar surface area (TPSA) is 58.2 Å². The number of carbonyl (C=O) groups is 2. The average molecular weight is 330 g/mol. The molecule has 0 spiro atoms. The number of unbranched alkanes of at least 4 members (excludes halogenated alkanes) is 1. The molecule has 0 saturated heterocycles. The van der Waals surface area contributed by atoms with E-state index in [1.807, 2.05) is 25.1 Å². The van der Waals surface area contributed by atoms with Gasteiger partial charge in [0.2, 0.25) is 11.8 Å². The summed E-state index contributed by atoms with van der Waals surface area (Å²) in [7, 11) is 0. The molecule has 0 bridgehead atoms. The number of carbonyl (C=O) groups excluding carboxylic acids is 2. The van der Waals surface area contributed by atoms with Crippen molar-refractivity contribution in [1.29, 1.82) is 0 Å². The number of hydrogen-bond donors (Lipinski definition) is 2. The molecule has 2 amide bonds. The van der Waals surface area contributed by atoms with E-state index in [2.05, 4.69) is 17.6 Å². The summed E-state index contributed by atoms with van der Waals surface area (Å²) in [5.74, 6) is 0.836. The Kier molecular flexibility index (Phi) is 6.83. The summed E-state index contributed by atoms with van der Waals surface area (Å²) in [5, 5.41) is 5.82. The third-order valence-electron chi connectivity index (χ3n) is 4.93. The number of rotatable bonds is 6. The number of benzene rings is 1. The largest absolute Gasteiger partial charge is 0.325 e. The van der Waals surface area contributed by atoms with Gasteiger partial charge >= 0.3 is 0 Å². The minimum atomic E-state index is -0.134. The molecule has 0 unspecified atom stereocenters. The highest BCUT2D eigenvalue weighted by molar-refractivity contribution is 5.99. The van der Waals surface area contributed by atoms with Crippen molar-refractivity contribution in [2.75, 3.05) is 10.6 Å². The third kappa shape index (κ3) is 5.36. The maximum atomic E-state index is 12.6. The van der Waals surface area contributed by atoms with Gasteiger partial charge < -0.3 is 10.6 Å². The number of nitrogens with one attached hydrogen (secondary N) is 2. The van der Waals surface area contributed by atoms with E-state index in [0.717, 1.165) is 37.2 Å². The number of anilines is 2. The second-order valence-corrected chi connectivity index (χ2v) is 7.08. The van der Waals surface area contributed by atoms with E-state index in [0.29, 0.717) is 11.4 Å². The van der Waals surface area contributed by atoms with Crippen molar-refractivity contribution in [2.24, 2.45) is 11.8 Å². The fourth-order valence-electron chi connectivity index (χ4n) is 3.50. The van der Waals surface area contributed by atoms with Crippen LogP contribution < -0.4 is 10.6 Å². The van der Waals surface area contributed by atoms with Crippen LogP contribution in [0, 0.1) is 18.8 Å². The lowest BCUT2D eigenvalue weighted by Crippen LogP contribution is -2.27. The molecule has 0 aliphatic heterocycles. The van der Waals surface area contributed by atoms with Gasteiger partial charge in [0.25, 0.3) is 0 Å². The zero-order chi connectivity index (χ0) is 17.5. The van der Waals surface area contributed by atoms with E-state index in [4.69, 9.17) is 0 Å². The molecule has 1 aliphatic rings. The number of amides is 2. The van der Waals surface area contributed by atoms with Crippen molar-refractivity contribution in [1.82, 2.24) is 0 Å². The third-order valence-corrected chi connectivity index (χ3v) is 4.93. The molecule has 4 nitrogen and oxygen atoms in total. The maximum absolute atomic E-state index is 12.6. The summed E-state index contributed by atoms with van der Waals surface area (Å²) in [6, 6.07) is 5.68. The number of hydrogen-bond acceptors (Lipinski definition) is 2. The standard InChI is InChI=1S/C20H30N2O2/c1-4-5-6-16-8-10-17(11-9-16)20(24)22-19-13-14(2)7-12-18(19)21-15(3)23/h7,12-13,16-17H,4-6,8-11H2,1-3H3,(H,21,23)(H,22,24). The second kappa shape index (κ2) is 8.86. The molecule has 1 saturated carbocycles. The Balaban J connectivity index is 1.95. The van der Waals surface area contributed by atoms with Gasteiger partial charge in [0.05, 0.1) is 11.4 Å². The Morgan fingerprint density at radius 2 is 1.79 bits per heavy atom. The molecule has 0 atom stereocenters. The molecular weight excluding hydrogens is 300 g/mol. The Labute approximate surface area is 145 Å². The molecule has 0 heterocycles. The Bertz CT molecular complexity index is 575. The van der Waals surface area contributed by atoms with Crippen molar-refractivity contribution in [3.8, 4) is 0 Å². The zero-order valence-corrected chi connectivity index (χ0v) is 15.2. The van der Waals surface area contributed by atoms with Crippen LogP contribution in [0.2, 0.25) is 0 Å². The Morgan fingerprint density at radius 3 is 2.42 bits per heavy atom. The fraction of sp³-hybridized carbons (Fsp3) is 0.600. The van der Waals surface area contributed by atoms with E-state index in [-0.39, 0.29) is 17.7 Å². The summed E-state index contributed by atoms with van der Waals surface area (Å²) < 4.78 is 0. The van der Waals surface area contributed by atoms with Crippen LogP contribution in [0.15, 0.2) is 18.2 Å². The molecule has 1 fully saturated rings. The van der Waals surface area contributed by atoms with Crippen LogP contribution in [-0.4, -0.2) is 11.8 Å². The molecule has 1 aliphatic carbocycles. The first-order chi connectivity index (χ1) is 11.5. The minimum absolute atomic E-state index is 0.0844. The van der Waals surface area contributed by atoms with E-state index >= 15 is 0 Å². The van der Waals surface area contributed by atoms with Crippen molar-refractivity contribution in [3.63, 3.8) is 0 Å². The summed E-state index contributed by atoms with van der Waals surface area (Å²) in [4.78, 5) is 24.0. The maximum Gasteiger partial charge on any atom is 0.227 e. The van der Waals surface area contributed by atoms with E-state index in [1.165, 1.54) is 26.2 Å². The lowest BCUT2D eigenvalue weighted by atomic mass is 9.79. The predicted molar refractivity (Wildman–Crippen MR) is 99.1 cm³/mol. The van der Waals surface area contributed by atoms with E-state index in [1.54, 1.807) is 0 Å². The molecule has 2 rings (SSSR count). The van der Waals surface area contributed by atoms with Crippen LogP contribution in [0.3, 0.4) is 0 Å². The molecule has 24 heavy (non-hydrogen) atoms. The average Bonchev–Trinajstić information content (AvgIpc) is 2.55. The molecule has 132 valence electrons. The molecule has 0 radical (unpaired) electrons. The van der Waals surface area contributed by atoms with Crippen LogP contribution in [-0.2, 0) is 9.59 Å². The Hall–Kier alpha value is -1.84. The highest BCUT2D eigenvalue weighted by Gasteiger charge is 2.26. The quantitative estimate of drug-likeness (QED) is 0.780. The summed E-state index contributed by atoms with van der Waals surface area (Å²) >= 11 is 0. The minimum Gasteiger partial charge on any atom is -0.325 e. The van der Waals surface area contributed by atoms with Gasteiger partial charge in [-0.1, -0.05) is 32.3 Å². The van der Waals surface area contributed by atoms with E-state index < -0.39 is 0 Å². The lowest BCUT2D eigenvalue weighted by molar-refractivity contribution is -0.121. The SMILES string of the molecule is CCCCC1CCC(C(=O)Nc2cc(C)ccc2NC(C)=O)CC1. The lowest BCUT2D eigenvalue weighted by Gasteiger charge is -2.28. The van der Waals surface area contributed by atoms with Crippen LogP contribution in [0.5, 0.6) is 0 Å². The van der Waals surface area contributed by atoms with Gasteiger partial charge in [-0.3, -0.25) is 9.59 Å². The van der Waals surface area contributed by atoms with Crippen molar-refractivity contribution in [2.45, 2.75) is 65.7 Å². The van der Waals surface area contributed by atoms with Gasteiger partial charge in [-0.25, -0.2) is 0 Å². The van der Waals surface area contributed by atoms with E-state index in [9.17, 15) is 9.59 Å². The predicted octanol–water partition coefficient (Wildman–Crippen LogP) is 4.89. The molecule has 1 aromatic carbocycles. The van der Waals surface area contributed by atoms with Crippen LogP contribution in [0.1, 0.15) is 64.4 Å². The molecule has 0 aromatic heterocycles. The summed E-state index contributed by atoms with van der Waals surface area (Å²) in [6.07, 6.45) is 8.11. The smallest absolute Gasteiger partial charge is 0.227 e. The van der Waals surface area contributed by atoms with Gasteiger partial charge in [-0.15, -0.1) is 0 Å². The first kappa shape index (κ1) is 18.5. The summed E-state index contributed by atoms with van der Waals surface area (Å²) in [5.41, 5.74) is 2.42. The summed E-state index contributed by atoms with van der Waals surface area (Å²) in [6.45, 7) is 5.68. The van der Waals surface area contributed by atoms with Crippen molar-refractivity contribution in [3.05, 3.63) is 23.8 Å². The first-order valence-electron chi connectivity index (χ1n) is 9.18. The van der Waals surface area contributed by atoms with Gasteiger partial charge in [-0.05, 0) is 56.2 Å². The highest BCUT2D eigenvalue weighted by atomic mass is 16.2. The van der Waals surface area contributed by atoms with Crippen LogP contribution in [0.25, 0.3) is 0 Å². The van der Waals surface area contributed by atoms with Crippen LogP contribution >= 0.6 is 0 Å². The van der Waals surface area contributed by atoms with Crippen molar-refractivity contribution < 1.29 is 9.59 Å². The fourth-order valence-corrected chi connectivity index (χ4v) is 3.50. The number of aryl methyl sites for hydroxylation is 1. The molecule has 1 aromatic rings. The van der Waals surface area contributed by atoms with Gasteiger partial charge in [0.1, 0.15) is 0 Å². The second-order valence-electron chi connectivity index (χ2n) is 7.08.